The number of hydrogen-bond donors (Lipinski definition) is 2. The maximum atomic E-state index is 12.6. The Morgan fingerprint density at radius 1 is 1.03 bits per heavy atom. The molecule has 0 saturated carbocycles. The monoisotopic (exact) mass is 438 g/mol. The van der Waals surface area contributed by atoms with Gasteiger partial charge in [-0.1, -0.05) is 36.4 Å². The molecule has 6 nitrogen and oxygen atoms in total. The highest BCUT2D eigenvalue weighted by molar-refractivity contribution is 7.11. The third-order valence-corrected chi connectivity index (χ3v) is 5.96. The van der Waals surface area contributed by atoms with Crippen molar-refractivity contribution in [2.45, 2.75) is 0 Å². The summed E-state index contributed by atoms with van der Waals surface area (Å²) >= 11 is 1.23. The molecule has 0 saturated heterocycles. The first-order valence-electron chi connectivity index (χ1n) is 9.59. The predicted octanol–water partition coefficient (Wildman–Crippen LogP) is 5.55. The Morgan fingerprint density at radius 2 is 1.88 bits per heavy atom. The summed E-state index contributed by atoms with van der Waals surface area (Å²) < 4.78 is 5.55. The van der Waals surface area contributed by atoms with Gasteiger partial charge in [0.1, 0.15) is 16.7 Å². The molecule has 7 heteroatoms. The van der Waals surface area contributed by atoms with Crippen molar-refractivity contribution in [3.05, 3.63) is 87.0 Å². The van der Waals surface area contributed by atoms with Gasteiger partial charge in [-0.05, 0) is 46.7 Å². The van der Waals surface area contributed by atoms with Gasteiger partial charge >= 0.3 is 5.63 Å². The second kappa shape index (κ2) is 7.69. The van der Waals surface area contributed by atoms with E-state index in [1.807, 2.05) is 30.3 Å². The van der Waals surface area contributed by atoms with Crippen LogP contribution in [-0.2, 0) is 0 Å². The minimum atomic E-state index is -0.504. The van der Waals surface area contributed by atoms with Gasteiger partial charge in [0.15, 0.2) is 11.5 Å². The minimum absolute atomic E-state index is 0.243. The number of hydrogen-bond acceptors (Lipinski definition) is 7. The van der Waals surface area contributed by atoms with E-state index in [1.54, 1.807) is 29.7 Å². The molecule has 154 valence electrons. The number of fused-ring (bicyclic) bond motifs is 3. The van der Waals surface area contributed by atoms with Crippen LogP contribution in [0.5, 0.6) is 11.5 Å². The summed E-state index contributed by atoms with van der Waals surface area (Å²) in [4.78, 5) is 17.1. The van der Waals surface area contributed by atoms with E-state index in [1.165, 1.54) is 23.5 Å². The van der Waals surface area contributed by atoms with Crippen LogP contribution < -0.4 is 5.63 Å². The summed E-state index contributed by atoms with van der Waals surface area (Å²) in [6.45, 7) is 0. The summed E-state index contributed by atoms with van der Waals surface area (Å²) in [5.74, 6) is -0.524. The van der Waals surface area contributed by atoms with Crippen LogP contribution in [0.1, 0.15) is 10.6 Å². The number of thiazole rings is 1. The van der Waals surface area contributed by atoms with Gasteiger partial charge in [0, 0.05) is 10.8 Å². The predicted molar refractivity (Wildman–Crippen MR) is 124 cm³/mol. The fraction of sp³-hybridized carbons (Fsp3) is 0. The molecule has 0 radical (unpaired) electrons. The molecule has 0 unspecified atom stereocenters. The molecule has 0 spiro atoms. The zero-order chi connectivity index (χ0) is 22.2. The number of benzene rings is 3. The second-order valence-corrected chi connectivity index (χ2v) is 7.96. The molecule has 2 heterocycles. The molecule has 32 heavy (non-hydrogen) atoms. The third kappa shape index (κ3) is 3.39. The van der Waals surface area contributed by atoms with Gasteiger partial charge in [0.25, 0.3) is 0 Å². The maximum absolute atomic E-state index is 12.6. The molecule has 3 aromatic carbocycles. The molecule has 2 N–H and O–H groups in total. The van der Waals surface area contributed by atoms with Gasteiger partial charge in [0.05, 0.1) is 16.8 Å². The van der Waals surface area contributed by atoms with Crippen molar-refractivity contribution < 1.29 is 14.6 Å². The van der Waals surface area contributed by atoms with Crippen molar-refractivity contribution in [3.63, 3.8) is 0 Å². The first-order chi connectivity index (χ1) is 15.5. The van der Waals surface area contributed by atoms with E-state index in [4.69, 9.17) is 4.42 Å². The van der Waals surface area contributed by atoms with Gasteiger partial charge in [-0.15, -0.1) is 11.3 Å². The van der Waals surface area contributed by atoms with Crippen LogP contribution in [0.3, 0.4) is 0 Å². The Labute approximate surface area is 185 Å². The maximum Gasteiger partial charge on any atom is 0.345 e. The third-order valence-electron chi connectivity index (χ3n) is 5.08. The van der Waals surface area contributed by atoms with Crippen LogP contribution in [0.2, 0.25) is 0 Å². The lowest BCUT2D eigenvalue weighted by molar-refractivity contribution is 0.403. The molecule has 0 bridgehead atoms. The lowest BCUT2D eigenvalue weighted by Gasteiger charge is -2.04. The average molecular weight is 438 g/mol. The zero-order valence-electron chi connectivity index (χ0n) is 16.4. The second-order valence-electron chi connectivity index (χ2n) is 7.10. The van der Waals surface area contributed by atoms with Crippen LogP contribution in [0.4, 0.5) is 0 Å². The summed E-state index contributed by atoms with van der Waals surface area (Å²) in [5, 5.41) is 33.7. The summed E-state index contributed by atoms with van der Waals surface area (Å²) in [6.07, 6.45) is 1.55. The highest BCUT2D eigenvalue weighted by Crippen LogP contribution is 2.31. The van der Waals surface area contributed by atoms with Crippen LogP contribution in [0.25, 0.3) is 44.6 Å². The van der Waals surface area contributed by atoms with Gasteiger partial charge in [-0.2, -0.15) is 5.26 Å². The number of rotatable bonds is 3. The van der Waals surface area contributed by atoms with Crippen LogP contribution in [0.15, 0.2) is 75.3 Å². The van der Waals surface area contributed by atoms with Crippen LogP contribution in [0, 0.1) is 11.3 Å². The van der Waals surface area contributed by atoms with Crippen LogP contribution >= 0.6 is 11.3 Å². The van der Waals surface area contributed by atoms with Gasteiger partial charge in [-0.3, -0.25) is 0 Å². The summed E-state index contributed by atoms with van der Waals surface area (Å²) in [6, 6.07) is 19.7. The molecule has 0 amide bonds. The fourth-order valence-corrected chi connectivity index (χ4v) is 4.30. The molecule has 5 rings (SSSR count). The number of nitriles is 1. The van der Waals surface area contributed by atoms with E-state index in [2.05, 4.69) is 11.1 Å². The zero-order valence-corrected chi connectivity index (χ0v) is 17.3. The molecule has 5 aromatic rings. The van der Waals surface area contributed by atoms with Gasteiger partial charge in [0.2, 0.25) is 0 Å². The van der Waals surface area contributed by atoms with E-state index in [9.17, 15) is 20.3 Å². The number of phenolic OH excluding ortho intramolecular Hbond substituents is 2. The normalized spacial score (nSPS) is 11.7. The molecule has 0 aliphatic heterocycles. The molecule has 0 aliphatic carbocycles. The van der Waals surface area contributed by atoms with Crippen LogP contribution in [-0.4, -0.2) is 15.2 Å². The number of aromatic hydroxyl groups is 2. The molecular weight excluding hydrogens is 424 g/mol. The van der Waals surface area contributed by atoms with Crippen molar-refractivity contribution >= 4 is 44.7 Å². The Morgan fingerprint density at radius 3 is 2.69 bits per heavy atom. The number of nitrogens with zero attached hydrogens (tertiary/aromatic N) is 2. The Kier molecular flexibility index (Phi) is 4.70. The largest absolute Gasteiger partial charge is 0.504 e. The van der Waals surface area contributed by atoms with Crippen molar-refractivity contribution in [1.82, 2.24) is 4.98 Å². The molecule has 0 fully saturated rings. The van der Waals surface area contributed by atoms with Crippen molar-refractivity contribution in [1.29, 1.82) is 5.26 Å². The van der Waals surface area contributed by atoms with E-state index in [0.717, 1.165) is 16.2 Å². The fourth-order valence-electron chi connectivity index (χ4n) is 3.51. The Balaban J connectivity index is 1.60. The number of phenols is 2. The first-order valence-corrected chi connectivity index (χ1v) is 10.5. The highest BCUT2D eigenvalue weighted by Gasteiger charge is 2.15. The van der Waals surface area contributed by atoms with Crippen molar-refractivity contribution in [2.75, 3.05) is 0 Å². The van der Waals surface area contributed by atoms with Gasteiger partial charge in [-0.25, -0.2) is 9.78 Å². The number of allylic oxidation sites excluding steroid dienone is 1. The summed E-state index contributed by atoms with van der Waals surface area (Å²) in [5.41, 5.74) is 1.53. The smallest absolute Gasteiger partial charge is 0.345 e. The lowest BCUT2D eigenvalue weighted by atomic mass is 10.0. The van der Waals surface area contributed by atoms with Crippen molar-refractivity contribution in [3.8, 4) is 28.8 Å². The quantitative estimate of drug-likeness (QED) is 0.166. The topological polar surface area (TPSA) is 107 Å². The summed E-state index contributed by atoms with van der Waals surface area (Å²) in [7, 11) is 0. The SMILES string of the molecule is N#C/C(=C\c1ccc(O)c(O)c1)c1nc(-c2cc3c(ccc4ccccc43)oc2=O)cs1. The molecule has 2 aromatic heterocycles. The van der Waals surface area contributed by atoms with E-state index < -0.39 is 5.63 Å². The van der Waals surface area contributed by atoms with E-state index >= 15 is 0 Å². The lowest BCUT2D eigenvalue weighted by Crippen LogP contribution is -2.03. The van der Waals surface area contributed by atoms with E-state index in [0.29, 0.717) is 27.4 Å². The minimum Gasteiger partial charge on any atom is -0.504 e. The first kappa shape index (κ1) is 19.5. The molecule has 0 atom stereocenters. The average Bonchev–Trinajstić information content (AvgIpc) is 3.29. The van der Waals surface area contributed by atoms with Gasteiger partial charge < -0.3 is 14.6 Å². The molecule has 0 aliphatic rings. The van der Waals surface area contributed by atoms with E-state index in [-0.39, 0.29) is 17.1 Å². The highest BCUT2D eigenvalue weighted by atomic mass is 32.1. The Bertz CT molecular complexity index is 1640. The number of aromatic nitrogens is 1. The standard InChI is InChI=1S/C25H14N2O4S/c26-12-16(9-14-5-7-21(28)22(29)10-14)24-27-20(13-32-24)19-11-18-17-4-2-1-3-15(17)6-8-23(18)31-25(19)30/h1-11,13,28-29H/b16-9+. The van der Waals surface area contributed by atoms with Crippen molar-refractivity contribution in [2.24, 2.45) is 0 Å². The molecular formula is C25H14N2O4S. The Hall–Kier alpha value is -4.41.